The smallest absolute Gasteiger partial charge is 0.335 e. The van der Waals surface area contributed by atoms with Crippen LogP contribution in [-0.4, -0.2) is 22.2 Å². The van der Waals surface area contributed by atoms with Gasteiger partial charge < -0.3 is 10.2 Å². The lowest BCUT2D eigenvalue weighted by Gasteiger charge is -1.90. The average molecular weight is 196 g/mol. The van der Waals surface area contributed by atoms with Gasteiger partial charge in [0.15, 0.2) is 0 Å². The minimum absolute atomic E-state index is 0.252. The van der Waals surface area contributed by atoms with Crippen LogP contribution in [0.3, 0.4) is 0 Å². The van der Waals surface area contributed by atoms with E-state index in [9.17, 15) is 9.59 Å². The second-order valence-corrected chi connectivity index (χ2v) is 2.44. The van der Waals surface area contributed by atoms with Crippen molar-refractivity contribution in [1.29, 1.82) is 0 Å². The van der Waals surface area contributed by atoms with Gasteiger partial charge in [-0.1, -0.05) is 25.2 Å². The lowest BCUT2D eigenvalue weighted by Crippen LogP contribution is -2.01. The van der Waals surface area contributed by atoms with Crippen LogP contribution < -0.4 is 0 Å². The first kappa shape index (κ1) is 12.2. The van der Waals surface area contributed by atoms with Crippen LogP contribution in [-0.2, 0) is 9.59 Å². The highest BCUT2D eigenvalue weighted by atomic mass is 16.4. The van der Waals surface area contributed by atoms with Gasteiger partial charge in [-0.3, -0.25) is 0 Å². The maximum Gasteiger partial charge on any atom is 0.335 e. The number of rotatable bonds is 5. The van der Waals surface area contributed by atoms with E-state index in [2.05, 4.69) is 0 Å². The van der Waals surface area contributed by atoms with E-state index < -0.39 is 11.9 Å². The van der Waals surface area contributed by atoms with Gasteiger partial charge in [0.1, 0.15) is 0 Å². The van der Waals surface area contributed by atoms with Crippen molar-refractivity contribution in [2.24, 2.45) is 0 Å². The van der Waals surface area contributed by atoms with Crippen LogP contribution in [0.1, 0.15) is 13.3 Å². The first-order valence-electron chi connectivity index (χ1n) is 4.09. The quantitative estimate of drug-likeness (QED) is 0.517. The van der Waals surface area contributed by atoms with Crippen molar-refractivity contribution in [3.8, 4) is 0 Å². The molecule has 2 N–H and O–H groups in total. The van der Waals surface area contributed by atoms with Crippen molar-refractivity contribution in [2.75, 3.05) is 0 Å². The van der Waals surface area contributed by atoms with Crippen molar-refractivity contribution in [1.82, 2.24) is 0 Å². The summed E-state index contributed by atoms with van der Waals surface area (Å²) >= 11 is 0. The molecule has 0 aliphatic carbocycles. The molecule has 0 rings (SSSR count). The van der Waals surface area contributed by atoms with E-state index in [0.29, 0.717) is 6.08 Å². The average Bonchev–Trinajstić information content (AvgIpc) is 2.09. The molecule has 0 heterocycles. The van der Waals surface area contributed by atoms with Gasteiger partial charge in [0, 0.05) is 6.08 Å². The van der Waals surface area contributed by atoms with Gasteiger partial charge in [-0.15, -0.1) is 0 Å². The molecule has 0 saturated heterocycles. The Balaban J connectivity index is 4.54. The summed E-state index contributed by atoms with van der Waals surface area (Å²) in [6.45, 7) is 1.94. The summed E-state index contributed by atoms with van der Waals surface area (Å²) in [7, 11) is 0. The molecule has 0 aromatic heterocycles. The topological polar surface area (TPSA) is 74.6 Å². The molecule has 4 nitrogen and oxygen atoms in total. The highest BCUT2D eigenvalue weighted by Gasteiger charge is 2.04. The first-order valence-corrected chi connectivity index (χ1v) is 4.09. The zero-order chi connectivity index (χ0) is 11.0. The molecule has 0 aromatic rings. The molecule has 14 heavy (non-hydrogen) atoms. The number of hydrogen-bond acceptors (Lipinski definition) is 2. The predicted octanol–water partition coefficient (Wildman–Crippen LogP) is 1.60. The summed E-state index contributed by atoms with van der Waals surface area (Å²) in [6.07, 6.45) is 7.72. The minimum Gasteiger partial charge on any atom is -0.478 e. The van der Waals surface area contributed by atoms with E-state index in [4.69, 9.17) is 10.2 Å². The molecule has 0 spiro atoms. The molecule has 0 fully saturated rings. The second kappa shape index (κ2) is 6.65. The zero-order valence-electron chi connectivity index (χ0n) is 7.80. The molecule has 0 saturated carbocycles. The molecule has 0 radical (unpaired) electrons. The number of hydrogen-bond donors (Lipinski definition) is 2. The number of allylic oxidation sites excluding steroid dienone is 3. The Morgan fingerprint density at radius 1 is 1.21 bits per heavy atom. The van der Waals surface area contributed by atoms with Crippen LogP contribution in [0.25, 0.3) is 0 Å². The summed E-state index contributed by atoms with van der Waals surface area (Å²) in [5.74, 6) is -2.53. The lowest BCUT2D eigenvalue weighted by molar-refractivity contribution is -0.134. The van der Waals surface area contributed by atoms with Crippen molar-refractivity contribution in [2.45, 2.75) is 13.3 Å². The summed E-state index contributed by atoms with van der Waals surface area (Å²) < 4.78 is 0. The van der Waals surface area contributed by atoms with Gasteiger partial charge in [-0.2, -0.15) is 0 Å². The third-order valence-corrected chi connectivity index (χ3v) is 1.28. The van der Waals surface area contributed by atoms with E-state index in [-0.39, 0.29) is 5.57 Å². The Morgan fingerprint density at radius 3 is 2.29 bits per heavy atom. The molecule has 0 bridgehead atoms. The van der Waals surface area contributed by atoms with E-state index >= 15 is 0 Å². The molecule has 0 atom stereocenters. The fourth-order valence-electron chi connectivity index (χ4n) is 0.688. The standard InChI is InChI=1S/C10H12O4/c1-2-3-4-5-6-8(10(13)14)7-9(11)12/h3-7H,2H2,1H3,(H,11,12)(H,13,14)/b4-3?,6-5?,8-7-. The zero-order valence-corrected chi connectivity index (χ0v) is 7.80. The number of carbonyl (C=O) groups is 2. The number of carboxylic acid groups (broad SMARTS) is 2. The fourth-order valence-corrected chi connectivity index (χ4v) is 0.688. The van der Waals surface area contributed by atoms with Crippen LogP contribution in [0.4, 0.5) is 0 Å². The van der Waals surface area contributed by atoms with Gasteiger partial charge in [0.25, 0.3) is 0 Å². The van der Waals surface area contributed by atoms with Crippen LogP contribution in [0.15, 0.2) is 36.0 Å². The SMILES string of the molecule is CCC=CC=C/C(=C/C(=O)O)C(=O)O. The van der Waals surface area contributed by atoms with Gasteiger partial charge in [-0.05, 0) is 12.5 Å². The summed E-state index contributed by atoms with van der Waals surface area (Å²) in [4.78, 5) is 20.7. The molecule has 0 amide bonds. The van der Waals surface area contributed by atoms with E-state index in [1.807, 2.05) is 13.0 Å². The van der Waals surface area contributed by atoms with Crippen LogP contribution in [0.2, 0.25) is 0 Å². The van der Waals surface area contributed by atoms with E-state index in [0.717, 1.165) is 6.42 Å². The summed E-state index contributed by atoms with van der Waals surface area (Å²) in [6, 6.07) is 0. The maximum atomic E-state index is 10.5. The number of aliphatic carboxylic acids is 2. The Hall–Kier alpha value is -1.84. The van der Waals surface area contributed by atoms with Crippen LogP contribution >= 0.6 is 0 Å². The molecular weight excluding hydrogens is 184 g/mol. The first-order chi connectivity index (χ1) is 6.57. The van der Waals surface area contributed by atoms with Gasteiger partial charge >= 0.3 is 11.9 Å². The highest BCUT2D eigenvalue weighted by Crippen LogP contribution is 1.97. The minimum atomic E-state index is -1.27. The van der Waals surface area contributed by atoms with Gasteiger partial charge in [-0.25, -0.2) is 9.59 Å². The van der Waals surface area contributed by atoms with Gasteiger partial charge in [0.05, 0.1) is 5.57 Å². The third kappa shape index (κ3) is 5.77. The Morgan fingerprint density at radius 2 is 1.86 bits per heavy atom. The monoisotopic (exact) mass is 196 g/mol. The van der Waals surface area contributed by atoms with E-state index in [1.54, 1.807) is 6.08 Å². The maximum absolute atomic E-state index is 10.5. The van der Waals surface area contributed by atoms with E-state index in [1.165, 1.54) is 12.2 Å². The molecule has 0 aliphatic heterocycles. The van der Waals surface area contributed by atoms with Crippen LogP contribution in [0.5, 0.6) is 0 Å². The summed E-state index contributed by atoms with van der Waals surface area (Å²) in [5.41, 5.74) is -0.252. The number of carboxylic acids is 2. The summed E-state index contributed by atoms with van der Waals surface area (Å²) in [5, 5.41) is 16.9. The highest BCUT2D eigenvalue weighted by molar-refractivity contribution is 5.97. The normalized spacial score (nSPS) is 12.5. The molecule has 4 heteroatoms. The second-order valence-electron chi connectivity index (χ2n) is 2.44. The largest absolute Gasteiger partial charge is 0.478 e. The van der Waals surface area contributed by atoms with Crippen LogP contribution in [0, 0.1) is 0 Å². The Bertz CT molecular complexity index is 297. The van der Waals surface area contributed by atoms with Crippen molar-refractivity contribution in [3.63, 3.8) is 0 Å². The lowest BCUT2D eigenvalue weighted by atomic mass is 10.2. The third-order valence-electron chi connectivity index (χ3n) is 1.28. The van der Waals surface area contributed by atoms with Crippen molar-refractivity contribution >= 4 is 11.9 Å². The Labute approximate surface area is 81.9 Å². The van der Waals surface area contributed by atoms with Crippen molar-refractivity contribution < 1.29 is 19.8 Å². The predicted molar refractivity (Wildman–Crippen MR) is 51.9 cm³/mol. The molecular formula is C10H12O4. The molecule has 0 unspecified atom stereocenters. The molecule has 76 valence electrons. The molecule has 0 aromatic carbocycles. The fraction of sp³-hybridized carbons (Fsp3) is 0.200. The molecule has 0 aliphatic rings. The van der Waals surface area contributed by atoms with Crippen molar-refractivity contribution in [3.05, 3.63) is 36.0 Å². The van der Waals surface area contributed by atoms with Gasteiger partial charge in [0.2, 0.25) is 0 Å². The Kier molecular flexibility index (Phi) is 5.78.